The summed E-state index contributed by atoms with van der Waals surface area (Å²) in [5.41, 5.74) is 3.78. The number of carbonyl (C=O) groups is 3. The van der Waals surface area contributed by atoms with Gasteiger partial charge in [0.25, 0.3) is 0 Å². The molecule has 2 atom stereocenters. The molecular weight excluding hydrogens is 595 g/mol. The quantitative estimate of drug-likeness (QED) is 0.334. The Labute approximate surface area is 268 Å². The SMILES string of the molecule is CC1(C)CC(=O)C=C(N2CC(c3ccc(Cl)cc3)C(C(=O)C3=NN(C4=CC(=O)CC(C)(C)C4)CC3c3ccc(Cl)cc3)=N2)C1. The lowest BCUT2D eigenvalue weighted by molar-refractivity contribution is -0.118. The molecule has 0 aromatic heterocycles. The summed E-state index contributed by atoms with van der Waals surface area (Å²) in [6.45, 7) is 9.15. The van der Waals surface area contributed by atoms with Crippen molar-refractivity contribution in [3.63, 3.8) is 0 Å². The van der Waals surface area contributed by atoms with Crippen molar-refractivity contribution in [3.05, 3.63) is 93.2 Å². The third-order valence-corrected chi connectivity index (χ3v) is 9.29. The van der Waals surface area contributed by atoms with Crippen LogP contribution in [0.5, 0.6) is 0 Å². The summed E-state index contributed by atoms with van der Waals surface area (Å²) in [5, 5.41) is 14.7. The van der Waals surface area contributed by atoms with Crippen LogP contribution in [0.25, 0.3) is 0 Å². The highest BCUT2D eigenvalue weighted by atomic mass is 35.5. The molecule has 2 heterocycles. The lowest BCUT2D eigenvalue weighted by atomic mass is 9.78. The maximum Gasteiger partial charge on any atom is 0.226 e. The van der Waals surface area contributed by atoms with Crippen molar-refractivity contribution in [1.29, 1.82) is 0 Å². The highest BCUT2D eigenvalue weighted by molar-refractivity contribution is 6.68. The maximum atomic E-state index is 14.6. The predicted octanol–water partition coefficient (Wildman–Crippen LogP) is 7.32. The molecule has 44 heavy (non-hydrogen) atoms. The first-order valence-electron chi connectivity index (χ1n) is 15.0. The molecule has 0 radical (unpaired) electrons. The number of ketones is 3. The zero-order valence-electron chi connectivity index (χ0n) is 25.4. The largest absolute Gasteiger partial charge is 0.295 e. The predicted molar refractivity (Wildman–Crippen MR) is 174 cm³/mol. The second-order valence-corrected chi connectivity index (χ2v) is 14.8. The van der Waals surface area contributed by atoms with Crippen molar-refractivity contribution in [2.24, 2.45) is 21.0 Å². The van der Waals surface area contributed by atoms with Crippen LogP contribution in [0.1, 0.15) is 76.3 Å². The Hall–Kier alpha value is -3.55. The van der Waals surface area contributed by atoms with Gasteiger partial charge in [-0.1, -0.05) is 75.2 Å². The van der Waals surface area contributed by atoms with E-state index in [1.807, 2.05) is 58.5 Å². The number of hydrogen-bond acceptors (Lipinski definition) is 7. The molecule has 9 heteroatoms. The number of hydrogen-bond donors (Lipinski definition) is 0. The van der Waals surface area contributed by atoms with Crippen LogP contribution in [-0.2, 0) is 14.4 Å². The molecule has 7 nitrogen and oxygen atoms in total. The average Bonchev–Trinajstić information content (AvgIpc) is 3.57. The summed E-state index contributed by atoms with van der Waals surface area (Å²) in [5.74, 6) is -0.827. The Morgan fingerprint density at radius 3 is 1.36 bits per heavy atom. The molecule has 6 rings (SSSR count). The summed E-state index contributed by atoms with van der Waals surface area (Å²) in [4.78, 5) is 39.9. The van der Waals surface area contributed by atoms with E-state index in [0.717, 1.165) is 22.5 Å². The molecule has 2 aliphatic heterocycles. The van der Waals surface area contributed by atoms with Crippen LogP contribution in [-0.4, -0.2) is 51.9 Å². The van der Waals surface area contributed by atoms with Crippen LogP contribution in [0.4, 0.5) is 0 Å². The number of halogens is 2. The van der Waals surface area contributed by atoms with Gasteiger partial charge in [-0.25, -0.2) is 0 Å². The Balaban J connectivity index is 1.42. The summed E-state index contributed by atoms with van der Waals surface area (Å²) in [6.07, 6.45) is 5.64. The zero-order chi connectivity index (χ0) is 31.4. The number of carbonyl (C=O) groups excluding carboxylic acids is 3. The van der Waals surface area contributed by atoms with Gasteiger partial charge in [0.1, 0.15) is 11.4 Å². The van der Waals surface area contributed by atoms with Gasteiger partial charge in [0, 0.05) is 46.4 Å². The van der Waals surface area contributed by atoms with Gasteiger partial charge in [-0.05, 0) is 59.1 Å². The number of nitrogens with zero attached hydrogens (tertiary/aromatic N) is 4. The van der Waals surface area contributed by atoms with E-state index in [9.17, 15) is 14.4 Å². The van der Waals surface area contributed by atoms with Crippen LogP contribution in [0.2, 0.25) is 10.0 Å². The van der Waals surface area contributed by atoms with Crippen molar-refractivity contribution in [1.82, 2.24) is 10.0 Å². The summed E-state index contributed by atoms with van der Waals surface area (Å²) < 4.78 is 0. The first-order valence-corrected chi connectivity index (χ1v) is 15.8. The number of benzene rings is 2. The van der Waals surface area contributed by atoms with Crippen LogP contribution < -0.4 is 0 Å². The average molecular weight is 632 g/mol. The van der Waals surface area contributed by atoms with Crippen LogP contribution >= 0.6 is 23.2 Å². The minimum absolute atomic E-state index is 0.0612. The van der Waals surface area contributed by atoms with E-state index in [0.29, 0.717) is 60.2 Å². The molecule has 2 aromatic rings. The van der Waals surface area contributed by atoms with Crippen molar-refractivity contribution < 1.29 is 14.4 Å². The number of allylic oxidation sites excluding steroid dienone is 4. The maximum absolute atomic E-state index is 14.6. The molecule has 2 aromatic carbocycles. The molecule has 4 aliphatic rings. The smallest absolute Gasteiger partial charge is 0.226 e. The molecule has 0 spiro atoms. The topological polar surface area (TPSA) is 82.4 Å². The van der Waals surface area contributed by atoms with Gasteiger partial charge in [0.05, 0.1) is 24.9 Å². The molecular formula is C35H36Cl2N4O3. The van der Waals surface area contributed by atoms with E-state index in [4.69, 9.17) is 33.4 Å². The molecule has 2 aliphatic carbocycles. The fraction of sp³-hybridized carbons (Fsp3) is 0.400. The number of hydrazone groups is 2. The Morgan fingerprint density at radius 1 is 0.659 bits per heavy atom. The van der Waals surface area contributed by atoms with Crippen molar-refractivity contribution >= 4 is 52.0 Å². The van der Waals surface area contributed by atoms with Crippen LogP contribution in [0.15, 0.2) is 82.3 Å². The van der Waals surface area contributed by atoms with Crippen molar-refractivity contribution in [2.45, 2.75) is 65.2 Å². The molecule has 2 unspecified atom stereocenters. The Kier molecular flexibility index (Phi) is 7.91. The standard InChI is InChI=1S/C35H36Cl2N4O3/c1-34(2)15-25(13-27(42)17-34)40-19-29(21-5-9-23(36)10-6-21)31(38-40)33(44)32-30(22-7-11-24(37)12-8-22)20-41(39-32)26-14-28(43)18-35(3,4)16-26/h5-14,29-30H,15-20H2,1-4H3. The zero-order valence-corrected chi connectivity index (χ0v) is 27.0. The summed E-state index contributed by atoms with van der Waals surface area (Å²) >= 11 is 12.4. The molecule has 228 valence electrons. The van der Waals surface area contributed by atoms with Gasteiger partial charge < -0.3 is 0 Å². The lowest BCUT2D eigenvalue weighted by Crippen LogP contribution is -2.31. The third-order valence-electron chi connectivity index (χ3n) is 8.78. The van der Waals surface area contributed by atoms with E-state index < -0.39 is 0 Å². The molecule has 0 amide bonds. The van der Waals surface area contributed by atoms with Crippen molar-refractivity contribution in [3.8, 4) is 0 Å². The van der Waals surface area contributed by atoms with Gasteiger partial charge in [-0.2, -0.15) is 10.2 Å². The first kappa shape index (κ1) is 30.5. The second-order valence-electron chi connectivity index (χ2n) is 13.9. The molecule has 0 fully saturated rings. The van der Waals surface area contributed by atoms with E-state index in [1.165, 1.54) is 0 Å². The number of rotatable bonds is 6. The Bertz CT molecular complexity index is 1530. The van der Waals surface area contributed by atoms with Gasteiger partial charge in [0.15, 0.2) is 11.6 Å². The minimum Gasteiger partial charge on any atom is -0.295 e. The summed E-state index contributed by atoms with van der Waals surface area (Å²) in [7, 11) is 0. The highest BCUT2D eigenvalue weighted by Crippen LogP contribution is 2.41. The van der Waals surface area contributed by atoms with Gasteiger partial charge >= 0.3 is 0 Å². The normalized spacial score (nSPS) is 24.6. The fourth-order valence-corrected chi connectivity index (χ4v) is 7.03. The summed E-state index contributed by atoms with van der Waals surface area (Å²) in [6, 6.07) is 14.9. The van der Waals surface area contributed by atoms with E-state index >= 15 is 0 Å². The third kappa shape index (κ3) is 6.31. The van der Waals surface area contributed by atoms with Crippen LogP contribution in [0.3, 0.4) is 0 Å². The van der Waals surface area contributed by atoms with Gasteiger partial charge in [-0.15, -0.1) is 0 Å². The molecule has 0 N–H and O–H groups in total. The monoisotopic (exact) mass is 630 g/mol. The van der Waals surface area contributed by atoms with Gasteiger partial charge in [0.2, 0.25) is 5.78 Å². The van der Waals surface area contributed by atoms with Crippen LogP contribution in [0, 0.1) is 10.8 Å². The second kappa shape index (κ2) is 11.4. The molecule has 0 saturated carbocycles. The van der Waals surface area contributed by atoms with E-state index in [2.05, 4.69) is 27.7 Å². The highest BCUT2D eigenvalue weighted by Gasteiger charge is 2.43. The molecule has 0 bridgehead atoms. The fourth-order valence-electron chi connectivity index (χ4n) is 6.77. The van der Waals surface area contributed by atoms with E-state index in [1.54, 1.807) is 12.2 Å². The van der Waals surface area contributed by atoms with Crippen molar-refractivity contribution in [2.75, 3.05) is 13.1 Å². The lowest BCUT2D eigenvalue weighted by Gasteiger charge is -2.32. The molecule has 0 saturated heterocycles. The minimum atomic E-state index is -0.349. The van der Waals surface area contributed by atoms with Gasteiger partial charge in [-0.3, -0.25) is 24.4 Å². The van der Waals surface area contributed by atoms with E-state index in [-0.39, 0.29) is 40.0 Å². The Morgan fingerprint density at radius 2 is 1.02 bits per heavy atom. The number of Topliss-reactive ketones (excluding diaryl/α,β-unsaturated/α-hetero) is 1. The first-order chi connectivity index (χ1) is 20.8.